The first-order valence-electron chi connectivity index (χ1n) is 7.91. The van der Waals surface area contributed by atoms with Gasteiger partial charge in [0, 0.05) is 30.7 Å². The highest BCUT2D eigenvalue weighted by Gasteiger charge is 2.24. The van der Waals surface area contributed by atoms with Gasteiger partial charge in [-0.3, -0.25) is 9.69 Å². The molecule has 1 N–H and O–H groups in total. The number of nitrogens with one attached hydrogen (secondary N) is 1. The summed E-state index contributed by atoms with van der Waals surface area (Å²) in [7, 11) is 0. The van der Waals surface area contributed by atoms with Crippen LogP contribution in [0.5, 0.6) is 0 Å². The van der Waals surface area contributed by atoms with Crippen molar-refractivity contribution in [2.45, 2.75) is 38.8 Å². The van der Waals surface area contributed by atoms with Crippen LogP contribution in [0.25, 0.3) is 0 Å². The topological polar surface area (TPSA) is 41.6 Å². The maximum absolute atomic E-state index is 12.0. The van der Waals surface area contributed by atoms with Crippen molar-refractivity contribution < 1.29 is 9.53 Å². The molecule has 0 unspecified atom stereocenters. The zero-order chi connectivity index (χ0) is 15.9. The van der Waals surface area contributed by atoms with E-state index in [4.69, 9.17) is 16.3 Å². The summed E-state index contributed by atoms with van der Waals surface area (Å²) in [5, 5.41) is 3.70. The lowest BCUT2D eigenvalue weighted by Crippen LogP contribution is -2.47. The van der Waals surface area contributed by atoms with E-state index in [0.717, 1.165) is 24.5 Å². The van der Waals surface area contributed by atoms with Gasteiger partial charge >= 0.3 is 0 Å². The predicted molar refractivity (Wildman–Crippen MR) is 89.2 cm³/mol. The monoisotopic (exact) mass is 324 g/mol. The standard InChI is InChI=1S/C17H25ClN2O2/c1-13(2)20-9-10-22-16(12-20)11-17(21)19-8-7-14-3-5-15(18)6-4-14/h3-6,13,16H,7-12H2,1-2H3,(H,19,21)/t16-/m1/s1. The molecular formula is C17H25ClN2O2. The van der Waals surface area contributed by atoms with Crippen molar-refractivity contribution in [3.8, 4) is 0 Å². The van der Waals surface area contributed by atoms with E-state index in [2.05, 4.69) is 24.1 Å². The summed E-state index contributed by atoms with van der Waals surface area (Å²) in [4.78, 5) is 14.4. The Morgan fingerprint density at radius 3 is 2.82 bits per heavy atom. The fourth-order valence-electron chi connectivity index (χ4n) is 2.61. The van der Waals surface area contributed by atoms with E-state index in [-0.39, 0.29) is 12.0 Å². The molecule has 1 saturated heterocycles. The number of hydrogen-bond donors (Lipinski definition) is 1. The highest BCUT2D eigenvalue weighted by atomic mass is 35.5. The Kier molecular flexibility index (Phi) is 6.68. The molecule has 1 aromatic rings. The summed E-state index contributed by atoms with van der Waals surface area (Å²) in [6.45, 7) is 7.49. The fourth-order valence-corrected chi connectivity index (χ4v) is 2.74. The summed E-state index contributed by atoms with van der Waals surface area (Å²) in [6, 6.07) is 8.21. The molecule has 1 heterocycles. The normalized spacial score (nSPS) is 19.4. The fraction of sp³-hybridized carbons (Fsp3) is 0.588. The Bertz CT molecular complexity index is 476. The van der Waals surface area contributed by atoms with Crippen molar-refractivity contribution in [1.82, 2.24) is 10.2 Å². The second-order valence-corrected chi connectivity index (χ2v) is 6.45. The molecule has 0 spiro atoms. The number of nitrogens with zero attached hydrogens (tertiary/aromatic N) is 1. The molecule has 0 aromatic heterocycles. The lowest BCUT2D eigenvalue weighted by molar-refractivity contribution is -0.126. The molecule has 1 amide bonds. The van der Waals surface area contributed by atoms with Crippen LogP contribution in [0.3, 0.4) is 0 Å². The van der Waals surface area contributed by atoms with Gasteiger partial charge < -0.3 is 10.1 Å². The van der Waals surface area contributed by atoms with Crippen molar-refractivity contribution in [2.24, 2.45) is 0 Å². The van der Waals surface area contributed by atoms with Crippen molar-refractivity contribution in [3.05, 3.63) is 34.9 Å². The van der Waals surface area contributed by atoms with Crippen LogP contribution in [0.1, 0.15) is 25.8 Å². The summed E-state index contributed by atoms with van der Waals surface area (Å²) >= 11 is 5.85. The first-order valence-corrected chi connectivity index (χ1v) is 8.29. The van der Waals surface area contributed by atoms with Crippen molar-refractivity contribution >= 4 is 17.5 Å². The van der Waals surface area contributed by atoms with Crippen LogP contribution >= 0.6 is 11.6 Å². The van der Waals surface area contributed by atoms with E-state index in [1.807, 2.05) is 24.3 Å². The van der Waals surface area contributed by atoms with Crippen molar-refractivity contribution in [3.63, 3.8) is 0 Å². The van der Waals surface area contributed by atoms with Crippen LogP contribution in [-0.4, -0.2) is 49.2 Å². The maximum Gasteiger partial charge on any atom is 0.222 e. The third-order valence-corrected chi connectivity index (χ3v) is 4.21. The number of halogens is 1. The average Bonchev–Trinajstić information content (AvgIpc) is 2.49. The number of hydrogen-bond acceptors (Lipinski definition) is 3. The Morgan fingerprint density at radius 1 is 1.41 bits per heavy atom. The van der Waals surface area contributed by atoms with E-state index >= 15 is 0 Å². The highest BCUT2D eigenvalue weighted by molar-refractivity contribution is 6.30. The van der Waals surface area contributed by atoms with Gasteiger partial charge in [-0.05, 0) is 38.0 Å². The molecule has 1 aliphatic rings. The van der Waals surface area contributed by atoms with Gasteiger partial charge in [-0.2, -0.15) is 0 Å². The number of rotatable bonds is 6. The van der Waals surface area contributed by atoms with Crippen molar-refractivity contribution in [2.75, 3.05) is 26.2 Å². The first-order chi connectivity index (χ1) is 10.5. The van der Waals surface area contributed by atoms with E-state index in [1.165, 1.54) is 5.56 Å². The summed E-state index contributed by atoms with van der Waals surface area (Å²) in [6.07, 6.45) is 1.25. The van der Waals surface area contributed by atoms with Gasteiger partial charge in [0.2, 0.25) is 5.91 Å². The lowest BCUT2D eigenvalue weighted by atomic mass is 10.1. The molecule has 0 aliphatic carbocycles. The van der Waals surface area contributed by atoms with E-state index < -0.39 is 0 Å². The SMILES string of the molecule is CC(C)N1CCO[C@H](CC(=O)NCCc2ccc(Cl)cc2)C1. The molecule has 4 nitrogen and oxygen atoms in total. The molecule has 0 bridgehead atoms. The Balaban J connectivity index is 1.68. The highest BCUT2D eigenvalue weighted by Crippen LogP contribution is 2.12. The van der Waals surface area contributed by atoms with Gasteiger partial charge in [0.05, 0.1) is 19.1 Å². The summed E-state index contributed by atoms with van der Waals surface area (Å²) < 4.78 is 5.69. The Hall–Kier alpha value is -1.10. The minimum atomic E-state index is 0.00619. The van der Waals surface area contributed by atoms with Gasteiger partial charge in [0.15, 0.2) is 0 Å². The van der Waals surface area contributed by atoms with E-state index in [9.17, 15) is 4.79 Å². The number of benzene rings is 1. The van der Waals surface area contributed by atoms with Gasteiger partial charge in [-0.25, -0.2) is 0 Å². The minimum absolute atomic E-state index is 0.00619. The van der Waals surface area contributed by atoms with Crippen molar-refractivity contribution in [1.29, 1.82) is 0 Å². The molecular weight excluding hydrogens is 300 g/mol. The predicted octanol–water partition coefficient (Wildman–Crippen LogP) is 2.50. The van der Waals surface area contributed by atoms with Crippen LogP contribution in [0.2, 0.25) is 5.02 Å². The van der Waals surface area contributed by atoms with E-state index in [0.29, 0.717) is 25.6 Å². The third-order valence-electron chi connectivity index (χ3n) is 3.96. The number of carbonyl (C=O) groups excluding carboxylic acids is 1. The Labute approximate surface area is 137 Å². The zero-order valence-corrected chi connectivity index (χ0v) is 14.1. The molecule has 1 atom stereocenters. The number of carbonyl (C=O) groups is 1. The molecule has 0 saturated carbocycles. The summed E-state index contributed by atoms with van der Waals surface area (Å²) in [5.41, 5.74) is 1.17. The van der Waals surface area contributed by atoms with Crippen LogP contribution < -0.4 is 5.32 Å². The van der Waals surface area contributed by atoms with Gasteiger partial charge in [0.1, 0.15) is 0 Å². The van der Waals surface area contributed by atoms with Gasteiger partial charge in [-0.15, -0.1) is 0 Å². The zero-order valence-electron chi connectivity index (χ0n) is 13.3. The number of morpholine rings is 1. The molecule has 1 fully saturated rings. The maximum atomic E-state index is 12.0. The lowest BCUT2D eigenvalue weighted by Gasteiger charge is -2.35. The molecule has 1 aromatic carbocycles. The molecule has 5 heteroatoms. The Morgan fingerprint density at radius 2 is 2.14 bits per heavy atom. The number of ether oxygens (including phenoxy) is 1. The van der Waals surface area contributed by atoms with Crippen LogP contribution in [0.4, 0.5) is 0 Å². The smallest absolute Gasteiger partial charge is 0.222 e. The summed E-state index contributed by atoms with van der Waals surface area (Å²) in [5.74, 6) is 0.0598. The third kappa shape index (κ3) is 5.59. The largest absolute Gasteiger partial charge is 0.375 e. The molecule has 0 radical (unpaired) electrons. The molecule has 22 heavy (non-hydrogen) atoms. The molecule has 122 valence electrons. The average molecular weight is 325 g/mol. The number of amides is 1. The van der Waals surface area contributed by atoms with Crippen LogP contribution in [0, 0.1) is 0 Å². The quantitative estimate of drug-likeness (QED) is 0.874. The van der Waals surface area contributed by atoms with Gasteiger partial charge in [-0.1, -0.05) is 23.7 Å². The van der Waals surface area contributed by atoms with E-state index in [1.54, 1.807) is 0 Å². The molecule has 1 aliphatic heterocycles. The van der Waals surface area contributed by atoms with Gasteiger partial charge in [0.25, 0.3) is 0 Å². The first kappa shape index (κ1) is 17.3. The second kappa shape index (κ2) is 8.51. The van der Waals surface area contributed by atoms with Crippen LogP contribution in [-0.2, 0) is 16.0 Å². The minimum Gasteiger partial charge on any atom is -0.375 e. The second-order valence-electron chi connectivity index (χ2n) is 6.01. The van der Waals surface area contributed by atoms with Crippen LogP contribution in [0.15, 0.2) is 24.3 Å². The molecule has 2 rings (SSSR count).